The molecule has 17 heavy (non-hydrogen) atoms. The third-order valence-electron chi connectivity index (χ3n) is 3.19. The Morgan fingerprint density at radius 3 is 2.76 bits per heavy atom. The summed E-state index contributed by atoms with van der Waals surface area (Å²) in [5.74, 6) is 0. The van der Waals surface area contributed by atoms with Crippen molar-refractivity contribution in [3.8, 4) is 0 Å². The third-order valence-corrected chi connectivity index (χ3v) is 3.19. The lowest BCUT2D eigenvalue weighted by Gasteiger charge is -2.22. The fourth-order valence-corrected chi connectivity index (χ4v) is 2.11. The normalized spacial score (nSPS) is 23.6. The molecule has 0 aromatic rings. The molecule has 0 aromatic carbocycles. The molecule has 0 saturated carbocycles. The van der Waals surface area contributed by atoms with E-state index in [2.05, 4.69) is 37.9 Å². The van der Waals surface area contributed by atoms with Crippen LogP contribution >= 0.6 is 0 Å². The zero-order valence-corrected chi connectivity index (χ0v) is 12.1. The molecule has 0 spiro atoms. The van der Waals surface area contributed by atoms with Gasteiger partial charge in [-0.25, -0.2) is 0 Å². The van der Waals surface area contributed by atoms with Crippen LogP contribution in [0.3, 0.4) is 0 Å². The standard InChI is InChI=1S/C14H30N2O/c1-13-12-16(9-5-11-17-13)10-8-15-7-6-14(2,3)4/h13,15H,5-12H2,1-4H3. The minimum absolute atomic E-state index is 0.395. The maximum Gasteiger partial charge on any atom is 0.0673 e. The van der Waals surface area contributed by atoms with Crippen LogP contribution in [0.25, 0.3) is 0 Å². The molecule has 0 aromatic heterocycles. The number of ether oxygens (including phenoxy) is 1. The molecular formula is C14H30N2O. The lowest BCUT2D eigenvalue weighted by Crippen LogP contribution is -2.36. The van der Waals surface area contributed by atoms with Crippen LogP contribution in [0, 0.1) is 5.41 Å². The topological polar surface area (TPSA) is 24.5 Å². The molecule has 0 bridgehead atoms. The van der Waals surface area contributed by atoms with Crippen LogP contribution in [0.4, 0.5) is 0 Å². The highest BCUT2D eigenvalue weighted by Gasteiger charge is 2.14. The van der Waals surface area contributed by atoms with Crippen molar-refractivity contribution in [2.24, 2.45) is 5.41 Å². The highest BCUT2D eigenvalue weighted by atomic mass is 16.5. The largest absolute Gasteiger partial charge is 0.377 e. The molecule has 1 aliphatic rings. The van der Waals surface area contributed by atoms with Crippen molar-refractivity contribution in [3.63, 3.8) is 0 Å². The smallest absolute Gasteiger partial charge is 0.0673 e. The van der Waals surface area contributed by atoms with E-state index in [9.17, 15) is 0 Å². The van der Waals surface area contributed by atoms with Crippen LogP contribution in [-0.4, -0.2) is 50.3 Å². The molecule has 1 saturated heterocycles. The zero-order valence-electron chi connectivity index (χ0n) is 12.1. The monoisotopic (exact) mass is 242 g/mol. The quantitative estimate of drug-likeness (QED) is 0.747. The number of nitrogens with one attached hydrogen (secondary N) is 1. The van der Waals surface area contributed by atoms with Crippen molar-refractivity contribution < 1.29 is 4.74 Å². The molecule has 0 aliphatic carbocycles. The van der Waals surface area contributed by atoms with Crippen molar-refractivity contribution in [1.82, 2.24) is 10.2 Å². The molecule has 3 nitrogen and oxygen atoms in total. The molecule has 102 valence electrons. The van der Waals surface area contributed by atoms with Crippen molar-refractivity contribution in [2.75, 3.05) is 39.3 Å². The molecule has 1 unspecified atom stereocenters. The summed E-state index contributed by atoms with van der Waals surface area (Å²) >= 11 is 0. The Hall–Kier alpha value is -0.120. The van der Waals surface area contributed by atoms with Gasteiger partial charge in [0.25, 0.3) is 0 Å². The minimum Gasteiger partial charge on any atom is -0.377 e. The summed E-state index contributed by atoms with van der Waals surface area (Å²) < 4.78 is 5.64. The van der Waals surface area contributed by atoms with Gasteiger partial charge in [-0.1, -0.05) is 20.8 Å². The predicted molar refractivity (Wildman–Crippen MR) is 73.4 cm³/mol. The van der Waals surface area contributed by atoms with Gasteiger partial charge in [-0.2, -0.15) is 0 Å². The van der Waals surface area contributed by atoms with Crippen LogP contribution in [0.15, 0.2) is 0 Å². The van der Waals surface area contributed by atoms with Gasteiger partial charge in [-0.05, 0) is 31.7 Å². The maximum atomic E-state index is 5.64. The fourth-order valence-electron chi connectivity index (χ4n) is 2.11. The first-order valence-corrected chi connectivity index (χ1v) is 7.02. The van der Waals surface area contributed by atoms with Gasteiger partial charge in [0.15, 0.2) is 0 Å². The molecule has 0 amide bonds. The Labute approximate surface area is 107 Å². The zero-order chi connectivity index (χ0) is 12.7. The number of rotatable bonds is 5. The summed E-state index contributed by atoms with van der Waals surface area (Å²) in [5, 5.41) is 3.54. The van der Waals surface area contributed by atoms with Crippen LogP contribution in [0.5, 0.6) is 0 Å². The van der Waals surface area contributed by atoms with E-state index in [4.69, 9.17) is 4.74 Å². The molecular weight excluding hydrogens is 212 g/mol. The Morgan fingerprint density at radius 2 is 2.06 bits per heavy atom. The van der Waals surface area contributed by atoms with Crippen LogP contribution in [0.2, 0.25) is 0 Å². The van der Waals surface area contributed by atoms with E-state index >= 15 is 0 Å². The minimum atomic E-state index is 0.395. The summed E-state index contributed by atoms with van der Waals surface area (Å²) in [5.41, 5.74) is 0.442. The second kappa shape index (κ2) is 7.34. The summed E-state index contributed by atoms with van der Waals surface area (Å²) in [6, 6.07) is 0. The van der Waals surface area contributed by atoms with Crippen molar-refractivity contribution in [3.05, 3.63) is 0 Å². The molecule has 1 heterocycles. The lowest BCUT2D eigenvalue weighted by atomic mass is 9.92. The number of hydrogen-bond donors (Lipinski definition) is 1. The first kappa shape index (κ1) is 14.9. The van der Waals surface area contributed by atoms with E-state index < -0.39 is 0 Å². The summed E-state index contributed by atoms with van der Waals surface area (Å²) in [6.07, 6.45) is 2.81. The molecule has 1 fully saturated rings. The summed E-state index contributed by atoms with van der Waals surface area (Å²) in [4.78, 5) is 2.52. The van der Waals surface area contributed by atoms with Crippen molar-refractivity contribution in [2.45, 2.75) is 46.6 Å². The molecule has 1 rings (SSSR count). The Kier molecular flexibility index (Phi) is 6.45. The van der Waals surface area contributed by atoms with Crippen molar-refractivity contribution >= 4 is 0 Å². The van der Waals surface area contributed by atoms with Gasteiger partial charge in [0.2, 0.25) is 0 Å². The van der Waals surface area contributed by atoms with E-state index in [0.717, 1.165) is 32.8 Å². The van der Waals surface area contributed by atoms with Gasteiger partial charge in [0.05, 0.1) is 6.10 Å². The van der Waals surface area contributed by atoms with E-state index in [1.807, 2.05) is 0 Å². The highest BCUT2D eigenvalue weighted by molar-refractivity contribution is 4.68. The summed E-state index contributed by atoms with van der Waals surface area (Å²) in [7, 11) is 0. The predicted octanol–water partition coefficient (Wildman–Crippen LogP) is 2.12. The second-order valence-electron chi connectivity index (χ2n) is 6.40. The number of hydrogen-bond acceptors (Lipinski definition) is 3. The van der Waals surface area contributed by atoms with Crippen LogP contribution < -0.4 is 5.32 Å². The molecule has 3 heteroatoms. The van der Waals surface area contributed by atoms with Crippen molar-refractivity contribution in [1.29, 1.82) is 0 Å². The van der Waals surface area contributed by atoms with Gasteiger partial charge in [0.1, 0.15) is 0 Å². The molecule has 1 atom stereocenters. The maximum absolute atomic E-state index is 5.64. The van der Waals surface area contributed by atoms with E-state index in [-0.39, 0.29) is 0 Å². The van der Waals surface area contributed by atoms with E-state index in [1.54, 1.807) is 0 Å². The number of nitrogens with zero attached hydrogens (tertiary/aromatic N) is 1. The van der Waals surface area contributed by atoms with Crippen LogP contribution in [0.1, 0.15) is 40.5 Å². The van der Waals surface area contributed by atoms with Gasteiger partial charge in [0, 0.05) is 32.8 Å². The van der Waals surface area contributed by atoms with Gasteiger partial charge < -0.3 is 10.1 Å². The molecule has 1 N–H and O–H groups in total. The Morgan fingerprint density at radius 1 is 1.29 bits per heavy atom. The molecule has 0 radical (unpaired) electrons. The SMILES string of the molecule is CC1CN(CCNCCC(C)(C)C)CCCO1. The first-order valence-electron chi connectivity index (χ1n) is 7.02. The van der Waals surface area contributed by atoms with Gasteiger partial charge >= 0.3 is 0 Å². The second-order valence-corrected chi connectivity index (χ2v) is 6.40. The lowest BCUT2D eigenvalue weighted by molar-refractivity contribution is 0.0679. The third kappa shape index (κ3) is 7.74. The van der Waals surface area contributed by atoms with E-state index in [0.29, 0.717) is 11.5 Å². The molecule has 1 aliphatic heterocycles. The van der Waals surface area contributed by atoms with Gasteiger partial charge in [-0.15, -0.1) is 0 Å². The Bertz CT molecular complexity index is 201. The van der Waals surface area contributed by atoms with Crippen LogP contribution in [-0.2, 0) is 4.74 Å². The van der Waals surface area contributed by atoms with Gasteiger partial charge in [-0.3, -0.25) is 4.90 Å². The Balaban J connectivity index is 2.05. The first-order chi connectivity index (χ1) is 7.97. The highest BCUT2D eigenvalue weighted by Crippen LogP contribution is 2.16. The fraction of sp³-hybridized carbons (Fsp3) is 1.00. The summed E-state index contributed by atoms with van der Waals surface area (Å²) in [6.45, 7) is 15.6. The van der Waals surface area contributed by atoms with E-state index in [1.165, 1.54) is 19.4 Å². The average molecular weight is 242 g/mol. The average Bonchev–Trinajstić information content (AvgIpc) is 2.40.